The summed E-state index contributed by atoms with van der Waals surface area (Å²) in [5.41, 5.74) is -1.02. The van der Waals surface area contributed by atoms with Gasteiger partial charge in [-0.2, -0.15) is 0 Å². The van der Waals surface area contributed by atoms with Crippen LogP contribution in [0.25, 0.3) is 0 Å². The number of hydrogen-bond acceptors (Lipinski definition) is 4. The van der Waals surface area contributed by atoms with Crippen LogP contribution in [0.3, 0.4) is 0 Å². The Labute approximate surface area is 159 Å². The zero-order chi connectivity index (χ0) is 20.3. The average molecular weight is 374 g/mol. The number of rotatable bonds is 6. The molecule has 0 saturated carbocycles. The highest BCUT2D eigenvalue weighted by molar-refractivity contribution is 6.19. The summed E-state index contributed by atoms with van der Waals surface area (Å²) in [6.45, 7) is 0. The molecule has 0 aliphatic rings. The highest BCUT2D eigenvalue weighted by Crippen LogP contribution is 2.23. The van der Waals surface area contributed by atoms with Crippen molar-refractivity contribution in [3.05, 3.63) is 106 Å². The first-order chi connectivity index (χ1) is 13.4. The molecule has 0 aliphatic heterocycles. The summed E-state index contributed by atoms with van der Waals surface area (Å²) >= 11 is 0. The predicted octanol–water partition coefficient (Wildman–Crippen LogP) is 3.55. The number of carbonyl (C=O) groups excluding carboxylic acids is 2. The van der Waals surface area contributed by atoms with Gasteiger partial charge in [-0.25, -0.2) is 9.59 Å². The fourth-order valence-corrected chi connectivity index (χ4v) is 2.82. The number of aromatic carboxylic acids is 2. The van der Waals surface area contributed by atoms with Crippen molar-refractivity contribution < 1.29 is 29.4 Å². The van der Waals surface area contributed by atoms with Crippen LogP contribution >= 0.6 is 0 Å². The summed E-state index contributed by atoms with van der Waals surface area (Å²) in [4.78, 5) is 49.0. The maximum absolute atomic E-state index is 12.8. The zero-order valence-corrected chi connectivity index (χ0v) is 14.5. The summed E-state index contributed by atoms with van der Waals surface area (Å²) in [6, 6.07) is 17.7. The Bertz CT molecular complexity index is 996. The first kappa shape index (κ1) is 18.7. The number of benzene rings is 3. The first-order valence-corrected chi connectivity index (χ1v) is 8.24. The molecule has 3 aromatic rings. The molecule has 0 radical (unpaired) electrons. The molecule has 0 aromatic heterocycles. The minimum Gasteiger partial charge on any atom is -0.478 e. The SMILES string of the molecule is O=C(O)c1cc(C(=O)c2ccccc2)c(C(=O)O)cc1C(=O)c1ccccc1. The molecule has 138 valence electrons. The van der Waals surface area contributed by atoms with Crippen LogP contribution < -0.4 is 0 Å². The third-order valence-electron chi connectivity index (χ3n) is 4.18. The molecule has 3 aromatic carbocycles. The van der Waals surface area contributed by atoms with Crippen molar-refractivity contribution in [3.63, 3.8) is 0 Å². The van der Waals surface area contributed by atoms with Gasteiger partial charge in [0, 0.05) is 22.3 Å². The third kappa shape index (κ3) is 3.57. The Morgan fingerprint density at radius 3 is 1.11 bits per heavy atom. The minimum absolute atomic E-state index is 0.212. The lowest BCUT2D eigenvalue weighted by atomic mass is 9.90. The van der Waals surface area contributed by atoms with Gasteiger partial charge < -0.3 is 10.2 Å². The number of hydrogen-bond donors (Lipinski definition) is 2. The number of carboxylic acids is 2. The van der Waals surface area contributed by atoms with Crippen molar-refractivity contribution in [3.8, 4) is 0 Å². The molecule has 0 spiro atoms. The van der Waals surface area contributed by atoms with E-state index in [1.165, 1.54) is 24.3 Å². The number of carbonyl (C=O) groups is 4. The molecule has 0 atom stereocenters. The molecule has 0 saturated heterocycles. The molecule has 6 nitrogen and oxygen atoms in total. The molecule has 0 bridgehead atoms. The molecule has 28 heavy (non-hydrogen) atoms. The van der Waals surface area contributed by atoms with Gasteiger partial charge in [0.1, 0.15) is 0 Å². The molecule has 6 heteroatoms. The Morgan fingerprint density at radius 1 is 0.500 bits per heavy atom. The Balaban J connectivity index is 2.22. The number of carboxylic acid groups (broad SMARTS) is 2. The van der Waals surface area contributed by atoms with E-state index in [0.29, 0.717) is 0 Å². The lowest BCUT2D eigenvalue weighted by molar-refractivity contribution is 0.0677. The second-order valence-electron chi connectivity index (χ2n) is 5.94. The highest BCUT2D eigenvalue weighted by atomic mass is 16.4. The number of ketones is 2. The van der Waals surface area contributed by atoms with Gasteiger partial charge >= 0.3 is 11.9 Å². The maximum Gasteiger partial charge on any atom is 0.336 e. The van der Waals surface area contributed by atoms with Crippen LogP contribution in [-0.2, 0) is 0 Å². The van der Waals surface area contributed by atoms with Crippen LogP contribution in [0.4, 0.5) is 0 Å². The van der Waals surface area contributed by atoms with E-state index in [1.807, 2.05) is 0 Å². The van der Waals surface area contributed by atoms with E-state index in [2.05, 4.69) is 0 Å². The van der Waals surface area contributed by atoms with Crippen molar-refractivity contribution in [1.29, 1.82) is 0 Å². The zero-order valence-electron chi connectivity index (χ0n) is 14.5. The Kier molecular flexibility index (Phi) is 5.13. The smallest absolute Gasteiger partial charge is 0.336 e. The monoisotopic (exact) mass is 374 g/mol. The van der Waals surface area contributed by atoms with Gasteiger partial charge in [-0.05, 0) is 12.1 Å². The van der Waals surface area contributed by atoms with E-state index >= 15 is 0 Å². The van der Waals surface area contributed by atoms with Crippen LogP contribution in [-0.4, -0.2) is 33.7 Å². The van der Waals surface area contributed by atoms with Gasteiger partial charge in [-0.15, -0.1) is 0 Å². The van der Waals surface area contributed by atoms with Crippen LogP contribution in [0.1, 0.15) is 52.6 Å². The highest BCUT2D eigenvalue weighted by Gasteiger charge is 2.26. The van der Waals surface area contributed by atoms with Gasteiger partial charge in [0.2, 0.25) is 0 Å². The van der Waals surface area contributed by atoms with Gasteiger partial charge in [-0.3, -0.25) is 9.59 Å². The molecule has 0 heterocycles. The standard InChI is InChI=1S/C22H14O6/c23-19(13-7-3-1-4-8-13)15-11-18(22(27)28)16(12-17(15)21(25)26)20(24)14-9-5-2-6-10-14/h1-12H,(H,25,26)(H,27,28). The van der Waals surface area contributed by atoms with Crippen molar-refractivity contribution in [2.45, 2.75) is 0 Å². The molecule has 0 unspecified atom stereocenters. The van der Waals surface area contributed by atoms with E-state index in [9.17, 15) is 29.4 Å². The molecule has 2 N–H and O–H groups in total. The van der Waals surface area contributed by atoms with Crippen LogP contribution in [0.15, 0.2) is 72.8 Å². The molecule has 3 rings (SSSR count). The molecular weight excluding hydrogens is 360 g/mol. The minimum atomic E-state index is -1.43. The van der Waals surface area contributed by atoms with Crippen molar-refractivity contribution >= 4 is 23.5 Å². The van der Waals surface area contributed by atoms with Crippen molar-refractivity contribution in [2.24, 2.45) is 0 Å². The van der Waals surface area contributed by atoms with Crippen LogP contribution in [0, 0.1) is 0 Å². The summed E-state index contributed by atoms with van der Waals surface area (Å²) in [7, 11) is 0. The summed E-state index contributed by atoms with van der Waals surface area (Å²) < 4.78 is 0. The lowest BCUT2D eigenvalue weighted by Crippen LogP contribution is -2.17. The molecular formula is C22H14O6. The van der Waals surface area contributed by atoms with Gasteiger partial charge in [-0.1, -0.05) is 60.7 Å². The van der Waals surface area contributed by atoms with E-state index in [-0.39, 0.29) is 22.3 Å². The van der Waals surface area contributed by atoms with Gasteiger partial charge in [0.05, 0.1) is 11.1 Å². The van der Waals surface area contributed by atoms with E-state index < -0.39 is 34.6 Å². The molecule has 0 amide bonds. The van der Waals surface area contributed by atoms with Crippen LogP contribution in [0.5, 0.6) is 0 Å². The second kappa shape index (κ2) is 7.67. The summed E-state index contributed by atoms with van der Waals surface area (Å²) in [5, 5.41) is 19.1. The quantitative estimate of drug-likeness (QED) is 0.639. The summed E-state index contributed by atoms with van der Waals surface area (Å²) in [5.74, 6) is -4.14. The topological polar surface area (TPSA) is 109 Å². The average Bonchev–Trinajstić information content (AvgIpc) is 2.72. The van der Waals surface area contributed by atoms with Crippen molar-refractivity contribution in [1.82, 2.24) is 0 Å². The van der Waals surface area contributed by atoms with E-state index in [4.69, 9.17) is 0 Å². The fraction of sp³-hybridized carbons (Fsp3) is 0. The van der Waals surface area contributed by atoms with E-state index in [0.717, 1.165) is 12.1 Å². The lowest BCUT2D eigenvalue weighted by Gasteiger charge is -2.12. The maximum atomic E-state index is 12.8. The van der Waals surface area contributed by atoms with Gasteiger partial charge in [0.15, 0.2) is 11.6 Å². The Hall–Kier alpha value is -4.06. The molecule has 0 aliphatic carbocycles. The largest absolute Gasteiger partial charge is 0.478 e. The van der Waals surface area contributed by atoms with Gasteiger partial charge in [0.25, 0.3) is 0 Å². The second-order valence-corrected chi connectivity index (χ2v) is 5.94. The first-order valence-electron chi connectivity index (χ1n) is 8.24. The van der Waals surface area contributed by atoms with E-state index in [1.54, 1.807) is 36.4 Å². The third-order valence-corrected chi connectivity index (χ3v) is 4.18. The predicted molar refractivity (Wildman–Crippen MR) is 100 cm³/mol. The summed E-state index contributed by atoms with van der Waals surface area (Å²) in [6.07, 6.45) is 0. The Morgan fingerprint density at radius 2 is 0.821 bits per heavy atom. The molecule has 0 fully saturated rings. The van der Waals surface area contributed by atoms with Crippen LogP contribution in [0.2, 0.25) is 0 Å². The fourth-order valence-electron chi connectivity index (χ4n) is 2.82. The normalized spacial score (nSPS) is 10.3. The van der Waals surface area contributed by atoms with Crippen molar-refractivity contribution in [2.75, 3.05) is 0 Å².